The van der Waals surface area contributed by atoms with E-state index in [0.29, 0.717) is 12.0 Å². The molecule has 0 fully saturated rings. The van der Waals surface area contributed by atoms with E-state index in [1.807, 2.05) is 66.7 Å². The van der Waals surface area contributed by atoms with Crippen molar-refractivity contribution in [3.8, 4) is 5.75 Å². The van der Waals surface area contributed by atoms with Gasteiger partial charge in [0.15, 0.2) is 5.78 Å². The van der Waals surface area contributed by atoms with Crippen molar-refractivity contribution in [2.24, 2.45) is 5.92 Å². The third kappa shape index (κ3) is 3.61. The quantitative estimate of drug-likeness (QED) is 0.534. The van der Waals surface area contributed by atoms with Gasteiger partial charge in [-0.3, -0.25) is 4.79 Å². The topological polar surface area (TPSA) is 43.4 Å². The third-order valence-corrected chi connectivity index (χ3v) is 5.87. The van der Waals surface area contributed by atoms with E-state index in [-0.39, 0.29) is 29.3 Å². The van der Waals surface area contributed by atoms with Gasteiger partial charge in [-0.1, -0.05) is 66.7 Å². The van der Waals surface area contributed by atoms with E-state index in [4.69, 9.17) is 4.74 Å². The Morgan fingerprint density at radius 1 is 0.828 bits per heavy atom. The predicted molar refractivity (Wildman–Crippen MR) is 114 cm³/mol. The van der Waals surface area contributed by atoms with Crippen molar-refractivity contribution in [3.05, 3.63) is 101 Å². The summed E-state index contributed by atoms with van der Waals surface area (Å²) in [5.41, 5.74) is 4.01. The number of Topliss-reactive ketones (excluding diaryl/α,β-unsaturated/α-hetero) is 2. The number of ketones is 2. The molecule has 3 nitrogen and oxygen atoms in total. The molecule has 0 heterocycles. The van der Waals surface area contributed by atoms with Gasteiger partial charge >= 0.3 is 0 Å². The number of rotatable bonds is 6. The lowest BCUT2D eigenvalue weighted by atomic mass is 9.76. The molecular weight excluding hydrogens is 360 g/mol. The molecule has 0 radical (unpaired) electrons. The fraction of sp³-hybridized carbons (Fsp3) is 0.231. The van der Waals surface area contributed by atoms with Crippen LogP contribution in [0.5, 0.6) is 5.75 Å². The second-order valence-electron chi connectivity index (χ2n) is 7.65. The van der Waals surface area contributed by atoms with Gasteiger partial charge in [-0.25, -0.2) is 0 Å². The van der Waals surface area contributed by atoms with Crippen LogP contribution in [0.2, 0.25) is 0 Å². The van der Waals surface area contributed by atoms with Crippen LogP contribution >= 0.6 is 0 Å². The highest BCUT2D eigenvalue weighted by Crippen LogP contribution is 2.52. The number of carbonyl (C=O) groups excluding carboxylic acids is 2. The first-order valence-corrected chi connectivity index (χ1v) is 9.91. The van der Waals surface area contributed by atoms with Crippen LogP contribution in [-0.4, -0.2) is 18.7 Å². The number of hydrogen-bond acceptors (Lipinski definition) is 3. The summed E-state index contributed by atoms with van der Waals surface area (Å²) in [7, 11) is 1.64. The zero-order chi connectivity index (χ0) is 20.4. The fourth-order valence-corrected chi connectivity index (χ4v) is 4.62. The van der Waals surface area contributed by atoms with Gasteiger partial charge in [0.25, 0.3) is 0 Å². The molecule has 146 valence electrons. The summed E-state index contributed by atoms with van der Waals surface area (Å²) in [6, 6.07) is 25.5. The molecule has 0 N–H and O–H groups in total. The number of carbonyl (C=O) groups is 2. The van der Waals surface area contributed by atoms with E-state index in [1.165, 1.54) is 0 Å². The molecule has 0 spiro atoms. The monoisotopic (exact) mass is 384 g/mol. The molecule has 0 bridgehead atoms. The molecule has 0 aromatic heterocycles. The summed E-state index contributed by atoms with van der Waals surface area (Å²) in [5, 5.41) is 0. The van der Waals surface area contributed by atoms with Crippen LogP contribution in [-0.2, 0) is 4.79 Å². The normalized spacial score (nSPS) is 20.1. The molecule has 3 aromatic carbocycles. The Morgan fingerprint density at radius 3 is 2.07 bits per heavy atom. The summed E-state index contributed by atoms with van der Waals surface area (Å²) in [5.74, 6) is 0.455. The van der Waals surface area contributed by atoms with Crippen molar-refractivity contribution in [3.63, 3.8) is 0 Å². The molecule has 3 heteroatoms. The zero-order valence-electron chi connectivity index (χ0n) is 16.7. The van der Waals surface area contributed by atoms with Gasteiger partial charge in [0.1, 0.15) is 11.5 Å². The lowest BCUT2D eigenvalue weighted by molar-refractivity contribution is -0.117. The number of hydrogen-bond donors (Lipinski definition) is 0. The van der Waals surface area contributed by atoms with E-state index in [2.05, 4.69) is 12.1 Å². The van der Waals surface area contributed by atoms with Gasteiger partial charge in [-0.15, -0.1) is 0 Å². The standard InChI is InChI=1S/C26H24O3/c1-17(27)16-23-21-10-6-7-11-22(21)24(18-12-14-20(29-2)15-13-18)25(23)26(28)19-8-4-3-5-9-19/h3-15,23-25H,16H2,1-2H3/t23-,24+,25+/m1/s1. The molecule has 1 aliphatic carbocycles. The fourth-order valence-electron chi connectivity index (χ4n) is 4.62. The molecule has 0 aliphatic heterocycles. The van der Waals surface area contributed by atoms with E-state index < -0.39 is 0 Å². The first kappa shape index (κ1) is 19.1. The van der Waals surface area contributed by atoms with Gasteiger partial charge in [0.05, 0.1) is 7.11 Å². The molecule has 0 amide bonds. The van der Waals surface area contributed by atoms with Crippen LogP contribution in [0.15, 0.2) is 78.9 Å². The minimum atomic E-state index is -0.313. The van der Waals surface area contributed by atoms with Crippen LogP contribution in [0, 0.1) is 5.92 Å². The maximum atomic E-state index is 13.7. The van der Waals surface area contributed by atoms with Gasteiger partial charge in [-0.2, -0.15) is 0 Å². The Labute approximate surface area is 171 Å². The number of benzene rings is 3. The maximum absolute atomic E-state index is 13.7. The summed E-state index contributed by atoms with van der Waals surface area (Å²) in [4.78, 5) is 25.8. The smallest absolute Gasteiger partial charge is 0.167 e. The van der Waals surface area contributed by atoms with Crippen LogP contribution in [0.1, 0.15) is 52.2 Å². The Morgan fingerprint density at radius 2 is 1.45 bits per heavy atom. The minimum absolute atomic E-state index is 0.0887. The summed E-state index contributed by atoms with van der Waals surface area (Å²) in [6.45, 7) is 1.60. The molecule has 0 unspecified atom stereocenters. The SMILES string of the molecule is COc1ccc([C@H]2c3ccccc3[C@@H](CC(C)=O)[C@@H]2C(=O)c2ccccc2)cc1. The van der Waals surface area contributed by atoms with Gasteiger partial charge < -0.3 is 9.53 Å². The maximum Gasteiger partial charge on any atom is 0.167 e. The van der Waals surface area contributed by atoms with Crippen molar-refractivity contribution < 1.29 is 14.3 Å². The van der Waals surface area contributed by atoms with Crippen molar-refractivity contribution in [2.45, 2.75) is 25.2 Å². The molecule has 0 saturated heterocycles. The lowest BCUT2D eigenvalue weighted by Crippen LogP contribution is -2.25. The van der Waals surface area contributed by atoms with Crippen molar-refractivity contribution in [1.82, 2.24) is 0 Å². The first-order valence-electron chi connectivity index (χ1n) is 9.91. The van der Waals surface area contributed by atoms with Gasteiger partial charge in [0.2, 0.25) is 0 Å². The van der Waals surface area contributed by atoms with E-state index >= 15 is 0 Å². The zero-order valence-corrected chi connectivity index (χ0v) is 16.7. The number of fused-ring (bicyclic) bond motifs is 1. The number of ether oxygens (including phenoxy) is 1. The van der Waals surface area contributed by atoms with E-state index in [9.17, 15) is 9.59 Å². The second kappa shape index (κ2) is 8.04. The molecule has 3 aromatic rings. The highest BCUT2D eigenvalue weighted by molar-refractivity contribution is 6.00. The third-order valence-electron chi connectivity index (χ3n) is 5.87. The molecule has 1 aliphatic rings. The Bertz CT molecular complexity index is 1020. The van der Waals surface area contributed by atoms with Crippen molar-refractivity contribution >= 4 is 11.6 Å². The van der Waals surface area contributed by atoms with Crippen LogP contribution in [0.4, 0.5) is 0 Å². The summed E-state index contributed by atoms with van der Waals surface area (Å²) in [6.07, 6.45) is 0.368. The summed E-state index contributed by atoms with van der Waals surface area (Å²) >= 11 is 0. The van der Waals surface area contributed by atoms with Crippen molar-refractivity contribution in [1.29, 1.82) is 0 Å². The molecule has 0 saturated carbocycles. The highest BCUT2D eigenvalue weighted by atomic mass is 16.5. The second-order valence-corrected chi connectivity index (χ2v) is 7.65. The summed E-state index contributed by atoms with van der Waals surface area (Å²) < 4.78 is 5.31. The van der Waals surface area contributed by atoms with Crippen LogP contribution in [0.25, 0.3) is 0 Å². The largest absolute Gasteiger partial charge is 0.497 e. The van der Waals surface area contributed by atoms with Gasteiger partial charge in [0, 0.05) is 29.7 Å². The number of methoxy groups -OCH3 is 1. The Kier molecular flexibility index (Phi) is 5.30. The van der Waals surface area contributed by atoms with E-state index in [0.717, 1.165) is 22.4 Å². The molecule has 4 rings (SSSR count). The average Bonchev–Trinajstić information content (AvgIpc) is 3.07. The minimum Gasteiger partial charge on any atom is -0.497 e. The molecule has 29 heavy (non-hydrogen) atoms. The molecular formula is C26H24O3. The Balaban J connectivity index is 1.86. The van der Waals surface area contributed by atoms with Crippen LogP contribution in [0.3, 0.4) is 0 Å². The first-order chi connectivity index (χ1) is 14.1. The lowest BCUT2D eigenvalue weighted by Gasteiger charge is -2.25. The Hall–Kier alpha value is -3.20. The predicted octanol–water partition coefficient (Wildman–Crippen LogP) is 5.40. The van der Waals surface area contributed by atoms with Gasteiger partial charge in [-0.05, 0) is 35.7 Å². The van der Waals surface area contributed by atoms with E-state index in [1.54, 1.807) is 14.0 Å². The van der Waals surface area contributed by atoms with Crippen LogP contribution < -0.4 is 4.74 Å². The average molecular weight is 384 g/mol. The van der Waals surface area contributed by atoms with Crippen molar-refractivity contribution in [2.75, 3.05) is 7.11 Å². The molecule has 3 atom stereocenters. The highest BCUT2D eigenvalue weighted by Gasteiger charge is 2.45.